The van der Waals surface area contributed by atoms with Gasteiger partial charge in [-0.15, -0.1) is 0 Å². The summed E-state index contributed by atoms with van der Waals surface area (Å²) in [6, 6.07) is 5.97. The lowest BCUT2D eigenvalue weighted by Gasteiger charge is -2.14. The van der Waals surface area contributed by atoms with Gasteiger partial charge in [0.15, 0.2) is 5.76 Å². The van der Waals surface area contributed by atoms with Crippen molar-refractivity contribution < 1.29 is 14.0 Å². The summed E-state index contributed by atoms with van der Waals surface area (Å²) in [4.78, 5) is 29.9. The van der Waals surface area contributed by atoms with Gasteiger partial charge in [-0.2, -0.15) is 0 Å². The minimum absolute atomic E-state index is 0.160. The summed E-state index contributed by atoms with van der Waals surface area (Å²) in [5.74, 6) is -0.212. The molecule has 0 saturated carbocycles. The predicted octanol–water partition coefficient (Wildman–Crippen LogP) is 1.50. The Labute approximate surface area is 128 Å². The van der Waals surface area contributed by atoms with Gasteiger partial charge in [0.2, 0.25) is 5.91 Å². The molecule has 7 nitrogen and oxygen atoms in total. The Balaban J connectivity index is 1.92. The lowest BCUT2D eigenvalue weighted by atomic mass is 10.3. The second-order valence-corrected chi connectivity index (χ2v) is 4.96. The molecular weight excluding hydrogens is 284 g/mol. The van der Waals surface area contributed by atoms with Crippen molar-refractivity contribution in [2.75, 3.05) is 24.3 Å². The zero-order valence-electron chi connectivity index (χ0n) is 12.7. The number of nitrogens with one attached hydrogen (secondary N) is 2. The number of aromatic nitrogens is 1. The van der Waals surface area contributed by atoms with Crippen LogP contribution in [-0.2, 0) is 4.79 Å². The zero-order valence-corrected chi connectivity index (χ0v) is 12.7. The number of amides is 2. The van der Waals surface area contributed by atoms with Crippen molar-refractivity contribution >= 4 is 23.3 Å². The molecule has 0 aliphatic heterocycles. The van der Waals surface area contributed by atoms with Crippen molar-refractivity contribution in [3.05, 3.63) is 42.5 Å². The van der Waals surface area contributed by atoms with Crippen LogP contribution >= 0.6 is 0 Å². The van der Waals surface area contributed by atoms with Crippen LogP contribution < -0.4 is 15.5 Å². The van der Waals surface area contributed by atoms with E-state index in [1.54, 1.807) is 25.3 Å². The molecule has 7 heteroatoms. The fraction of sp³-hybridized carbons (Fsp3) is 0.267. The first-order valence-corrected chi connectivity index (χ1v) is 6.76. The van der Waals surface area contributed by atoms with Crippen LogP contribution in [0, 0.1) is 0 Å². The van der Waals surface area contributed by atoms with Gasteiger partial charge in [0, 0.05) is 14.1 Å². The number of carbonyl (C=O) groups excluding carboxylic acids is 2. The van der Waals surface area contributed by atoms with Crippen LogP contribution in [-0.4, -0.2) is 36.9 Å². The Kier molecular flexibility index (Phi) is 4.77. The molecule has 2 heterocycles. The molecule has 0 saturated heterocycles. The molecule has 22 heavy (non-hydrogen) atoms. The van der Waals surface area contributed by atoms with Crippen LogP contribution in [0.25, 0.3) is 0 Å². The van der Waals surface area contributed by atoms with Crippen LogP contribution in [0.15, 0.2) is 41.1 Å². The third-order valence-electron chi connectivity index (χ3n) is 3.00. The summed E-state index contributed by atoms with van der Waals surface area (Å²) in [5.41, 5.74) is 0.928. The number of rotatable bonds is 5. The fourth-order valence-corrected chi connectivity index (χ4v) is 1.70. The molecule has 2 N–H and O–H groups in total. The van der Waals surface area contributed by atoms with E-state index < -0.39 is 11.9 Å². The average Bonchev–Trinajstić information content (AvgIpc) is 3.02. The van der Waals surface area contributed by atoms with Crippen molar-refractivity contribution in [3.63, 3.8) is 0 Å². The zero-order chi connectivity index (χ0) is 16.1. The lowest BCUT2D eigenvalue weighted by molar-refractivity contribution is -0.117. The Morgan fingerprint density at radius 3 is 2.59 bits per heavy atom. The van der Waals surface area contributed by atoms with Gasteiger partial charge in [-0.3, -0.25) is 9.59 Å². The van der Waals surface area contributed by atoms with Crippen molar-refractivity contribution in [1.29, 1.82) is 0 Å². The van der Waals surface area contributed by atoms with E-state index in [1.807, 2.05) is 25.1 Å². The van der Waals surface area contributed by atoms with Crippen LogP contribution in [0.3, 0.4) is 0 Å². The molecule has 1 unspecified atom stereocenters. The summed E-state index contributed by atoms with van der Waals surface area (Å²) >= 11 is 0. The monoisotopic (exact) mass is 302 g/mol. The Bertz CT molecular complexity index is 635. The molecule has 2 aromatic rings. The van der Waals surface area contributed by atoms with Crippen LogP contribution in [0.5, 0.6) is 0 Å². The van der Waals surface area contributed by atoms with Crippen molar-refractivity contribution in [3.8, 4) is 0 Å². The normalized spacial score (nSPS) is 11.6. The first-order valence-electron chi connectivity index (χ1n) is 6.76. The molecule has 0 spiro atoms. The third kappa shape index (κ3) is 3.85. The largest absolute Gasteiger partial charge is 0.459 e. The number of anilines is 2. The molecule has 1 atom stereocenters. The van der Waals surface area contributed by atoms with Gasteiger partial charge in [-0.05, 0) is 31.2 Å². The molecule has 116 valence electrons. The summed E-state index contributed by atoms with van der Waals surface area (Å²) in [7, 11) is 3.81. The number of hydrogen-bond donors (Lipinski definition) is 2. The first kappa shape index (κ1) is 15.6. The number of nitrogens with zero attached hydrogens (tertiary/aromatic N) is 2. The van der Waals surface area contributed by atoms with Gasteiger partial charge < -0.3 is 20.0 Å². The van der Waals surface area contributed by atoms with Gasteiger partial charge in [0.05, 0.1) is 18.1 Å². The van der Waals surface area contributed by atoms with Gasteiger partial charge in [0.25, 0.3) is 5.91 Å². The maximum Gasteiger partial charge on any atom is 0.287 e. The Hall–Kier alpha value is -2.83. The highest BCUT2D eigenvalue weighted by molar-refractivity contribution is 5.99. The molecular formula is C15H18N4O3. The Morgan fingerprint density at radius 2 is 2.05 bits per heavy atom. The summed E-state index contributed by atoms with van der Waals surface area (Å²) in [6.45, 7) is 1.59. The van der Waals surface area contributed by atoms with Crippen LogP contribution in [0.4, 0.5) is 11.5 Å². The maximum atomic E-state index is 12.0. The van der Waals surface area contributed by atoms with Gasteiger partial charge in [-0.25, -0.2) is 4.98 Å². The smallest absolute Gasteiger partial charge is 0.287 e. The minimum atomic E-state index is -0.715. The highest BCUT2D eigenvalue weighted by Gasteiger charge is 2.18. The second kappa shape index (κ2) is 6.75. The molecule has 0 aliphatic carbocycles. The molecule has 0 bridgehead atoms. The highest BCUT2D eigenvalue weighted by atomic mass is 16.3. The quantitative estimate of drug-likeness (QED) is 0.874. The predicted molar refractivity (Wildman–Crippen MR) is 82.8 cm³/mol. The number of pyridine rings is 1. The standard InChI is InChI=1S/C15H18N4O3/c1-10(17-15(21)12-5-4-8-22-12)14(20)18-13-7-6-11(9-16-13)19(2)3/h4-10H,1-3H3,(H,17,21)(H,16,18,20). The maximum absolute atomic E-state index is 12.0. The molecule has 2 aromatic heterocycles. The summed E-state index contributed by atoms with van der Waals surface area (Å²) in [5, 5.41) is 5.20. The topological polar surface area (TPSA) is 87.5 Å². The van der Waals surface area contributed by atoms with Crippen molar-refractivity contribution in [2.24, 2.45) is 0 Å². The van der Waals surface area contributed by atoms with Gasteiger partial charge in [0.1, 0.15) is 11.9 Å². The van der Waals surface area contributed by atoms with E-state index in [4.69, 9.17) is 4.42 Å². The Morgan fingerprint density at radius 1 is 1.27 bits per heavy atom. The van der Waals surface area contributed by atoms with Crippen LogP contribution in [0.1, 0.15) is 17.5 Å². The number of hydrogen-bond acceptors (Lipinski definition) is 5. The van der Waals surface area contributed by atoms with Crippen molar-refractivity contribution in [2.45, 2.75) is 13.0 Å². The van der Waals surface area contributed by atoms with Gasteiger partial charge >= 0.3 is 0 Å². The lowest BCUT2D eigenvalue weighted by Crippen LogP contribution is -2.41. The van der Waals surface area contributed by atoms with Crippen LogP contribution in [0.2, 0.25) is 0 Å². The SMILES string of the molecule is CC(NC(=O)c1ccco1)C(=O)Nc1ccc(N(C)C)cn1. The van der Waals surface area contributed by atoms with E-state index in [9.17, 15) is 9.59 Å². The number of carbonyl (C=O) groups is 2. The summed E-state index contributed by atoms with van der Waals surface area (Å²) in [6.07, 6.45) is 3.05. The minimum Gasteiger partial charge on any atom is -0.459 e. The van der Waals surface area contributed by atoms with Gasteiger partial charge in [-0.1, -0.05) is 0 Å². The molecule has 0 aromatic carbocycles. The second-order valence-electron chi connectivity index (χ2n) is 4.96. The third-order valence-corrected chi connectivity index (χ3v) is 3.00. The van der Waals surface area contributed by atoms with E-state index >= 15 is 0 Å². The molecule has 0 radical (unpaired) electrons. The fourth-order valence-electron chi connectivity index (χ4n) is 1.70. The highest BCUT2D eigenvalue weighted by Crippen LogP contribution is 2.12. The van der Waals surface area contributed by atoms with E-state index in [-0.39, 0.29) is 11.7 Å². The molecule has 2 rings (SSSR count). The van der Waals surface area contributed by atoms with E-state index in [2.05, 4.69) is 15.6 Å². The van der Waals surface area contributed by atoms with E-state index in [0.717, 1.165) is 5.69 Å². The molecule has 2 amide bonds. The molecule has 0 aliphatic rings. The summed E-state index contributed by atoms with van der Waals surface area (Å²) < 4.78 is 4.97. The van der Waals surface area contributed by atoms with E-state index in [0.29, 0.717) is 5.82 Å². The average molecular weight is 302 g/mol. The molecule has 0 fully saturated rings. The number of furan rings is 1. The first-order chi connectivity index (χ1) is 10.5. The van der Waals surface area contributed by atoms with Crippen molar-refractivity contribution in [1.82, 2.24) is 10.3 Å². The van der Waals surface area contributed by atoms with E-state index in [1.165, 1.54) is 12.3 Å².